The van der Waals surface area contributed by atoms with E-state index in [2.05, 4.69) is 21.2 Å². The van der Waals surface area contributed by atoms with Crippen LogP contribution >= 0.6 is 15.9 Å². The number of alkyl halides is 1. The molecule has 1 atom stereocenters. The molecular weight excluding hydrogens is 330 g/mol. The van der Waals surface area contributed by atoms with Crippen LogP contribution in [0, 0.1) is 0 Å². The fourth-order valence-corrected chi connectivity index (χ4v) is 2.47. The van der Waals surface area contributed by atoms with Crippen molar-refractivity contribution in [2.24, 2.45) is 0 Å². The maximum absolute atomic E-state index is 12.1. The van der Waals surface area contributed by atoms with Crippen LogP contribution in [0.4, 0.5) is 0 Å². The number of hydrogen-bond acceptors (Lipinski definition) is 2. The average Bonchev–Trinajstić information content (AvgIpc) is 2.54. The molecule has 0 fully saturated rings. The lowest BCUT2D eigenvalue weighted by molar-refractivity contribution is -0.121. The lowest BCUT2D eigenvalue weighted by Crippen LogP contribution is -2.28. The van der Waals surface area contributed by atoms with Crippen molar-refractivity contribution in [2.45, 2.75) is 17.8 Å². The van der Waals surface area contributed by atoms with E-state index in [9.17, 15) is 9.59 Å². The van der Waals surface area contributed by atoms with Gasteiger partial charge in [-0.1, -0.05) is 76.6 Å². The molecule has 1 N–H and O–H groups in total. The summed E-state index contributed by atoms with van der Waals surface area (Å²) in [6.45, 7) is 0.471. The number of carbonyl (C=O) groups is 2. The molecule has 0 aliphatic rings. The molecule has 0 aliphatic carbocycles. The molecule has 4 heteroatoms. The van der Waals surface area contributed by atoms with Gasteiger partial charge >= 0.3 is 0 Å². The zero-order valence-corrected chi connectivity index (χ0v) is 13.0. The lowest BCUT2D eigenvalue weighted by atomic mass is 10.1. The van der Waals surface area contributed by atoms with Crippen molar-refractivity contribution < 1.29 is 9.59 Å². The second-order valence-electron chi connectivity index (χ2n) is 4.66. The summed E-state index contributed by atoms with van der Waals surface area (Å²) in [5, 5.41) is 2.82. The SMILES string of the molecule is O=C(CC(Br)C(=O)c1ccccc1)NCc1ccccc1. The van der Waals surface area contributed by atoms with Crippen LogP contribution in [0.25, 0.3) is 0 Å². The van der Waals surface area contributed by atoms with E-state index in [4.69, 9.17) is 0 Å². The normalized spacial score (nSPS) is 11.7. The van der Waals surface area contributed by atoms with Gasteiger partial charge in [-0.2, -0.15) is 0 Å². The summed E-state index contributed by atoms with van der Waals surface area (Å²) in [4.78, 5) is 23.5. The van der Waals surface area contributed by atoms with Gasteiger partial charge in [0.1, 0.15) is 0 Å². The Kier molecular flexibility index (Phi) is 5.69. The number of nitrogens with one attached hydrogen (secondary N) is 1. The number of hydrogen-bond donors (Lipinski definition) is 1. The van der Waals surface area contributed by atoms with Crippen molar-refractivity contribution in [1.29, 1.82) is 0 Å². The predicted molar refractivity (Wildman–Crippen MR) is 86.4 cm³/mol. The molecule has 2 rings (SSSR count). The first kappa shape index (κ1) is 15.4. The molecule has 0 aliphatic heterocycles. The largest absolute Gasteiger partial charge is 0.352 e. The summed E-state index contributed by atoms with van der Waals surface area (Å²) in [6, 6.07) is 18.6. The van der Waals surface area contributed by atoms with Crippen molar-refractivity contribution in [2.75, 3.05) is 0 Å². The maximum Gasteiger partial charge on any atom is 0.221 e. The lowest BCUT2D eigenvalue weighted by Gasteiger charge is -2.10. The molecular formula is C17H16BrNO2. The molecule has 0 saturated heterocycles. The molecule has 1 amide bonds. The first-order valence-electron chi connectivity index (χ1n) is 6.71. The minimum atomic E-state index is -0.504. The summed E-state index contributed by atoms with van der Waals surface area (Å²) in [7, 11) is 0. The van der Waals surface area contributed by atoms with Gasteiger partial charge in [0.25, 0.3) is 0 Å². The number of Topliss-reactive ketones (excluding diaryl/α,β-unsaturated/α-hetero) is 1. The van der Waals surface area contributed by atoms with Crippen LogP contribution in [0.2, 0.25) is 0 Å². The Bertz CT molecular complexity index is 599. The molecule has 1 unspecified atom stereocenters. The molecule has 0 spiro atoms. The molecule has 3 nitrogen and oxygen atoms in total. The van der Waals surface area contributed by atoms with Crippen LogP contribution < -0.4 is 5.32 Å². The Balaban J connectivity index is 1.83. The van der Waals surface area contributed by atoms with E-state index in [0.717, 1.165) is 5.56 Å². The highest BCUT2D eigenvalue weighted by atomic mass is 79.9. The van der Waals surface area contributed by atoms with Crippen LogP contribution in [0.3, 0.4) is 0 Å². The standard InChI is InChI=1S/C17H16BrNO2/c18-15(17(21)14-9-5-2-6-10-14)11-16(20)19-12-13-7-3-1-4-8-13/h1-10,15H,11-12H2,(H,19,20). The van der Waals surface area contributed by atoms with Crippen LogP contribution in [0.5, 0.6) is 0 Å². The van der Waals surface area contributed by atoms with Gasteiger partial charge in [0.15, 0.2) is 5.78 Å². The van der Waals surface area contributed by atoms with Crippen molar-refractivity contribution in [3.05, 3.63) is 71.8 Å². The van der Waals surface area contributed by atoms with Crippen LogP contribution in [0.15, 0.2) is 60.7 Å². The van der Waals surface area contributed by atoms with Gasteiger partial charge in [0.05, 0.1) is 4.83 Å². The third-order valence-electron chi connectivity index (χ3n) is 3.04. The molecule has 0 aromatic heterocycles. The third kappa shape index (κ3) is 4.83. The number of amides is 1. The zero-order chi connectivity index (χ0) is 15.1. The topological polar surface area (TPSA) is 46.2 Å². The van der Waals surface area contributed by atoms with E-state index in [1.807, 2.05) is 48.5 Å². The number of ketones is 1. The van der Waals surface area contributed by atoms with Gasteiger partial charge in [-0.3, -0.25) is 9.59 Å². The predicted octanol–water partition coefficient (Wildman–Crippen LogP) is 3.34. The van der Waals surface area contributed by atoms with E-state index >= 15 is 0 Å². The fraction of sp³-hybridized carbons (Fsp3) is 0.176. The Morgan fingerprint density at radius 1 is 0.952 bits per heavy atom. The Morgan fingerprint density at radius 2 is 1.52 bits per heavy atom. The number of halogens is 1. The first-order chi connectivity index (χ1) is 10.2. The molecule has 0 radical (unpaired) electrons. The quantitative estimate of drug-likeness (QED) is 0.644. The molecule has 2 aromatic rings. The Hall–Kier alpha value is -1.94. The molecule has 21 heavy (non-hydrogen) atoms. The monoisotopic (exact) mass is 345 g/mol. The molecule has 0 saturated carbocycles. The first-order valence-corrected chi connectivity index (χ1v) is 7.62. The zero-order valence-electron chi connectivity index (χ0n) is 11.5. The van der Waals surface area contributed by atoms with Gasteiger partial charge in [-0.15, -0.1) is 0 Å². The van der Waals surface area contributed by atoms with Crippen molar-refractivity contribution >= 4 is 27.6 Å². The molecule has 0 heterocycles. The van der Waals surface area contributed by atoms with E-state index in [-0.39, 0.29) is 18.1 Å². The van der Waals surface area contributed by atoms with Crippen molar-refractivity contribution in [1.82, 2.24) is 5.32 Å². The summed E-state index contributed by atoms with van der Waals surface area (Å²) >= 11 is 3.30. The van der Waals surface area contributed by atoms with Gasteiger partial charge < -0.3 is 5.32 Å². The molecule has 2 aromatic carbocycles. The smallest absolute Gasteiger partial charge is 0.221 e. The molecule has 0 bridgehead atoms. The van der Waals surface area contributed by atoms with Crippen molar-refractivity contribution in [3.63, 3.8) is 0 Å². The summed E-state index contributed by atoms with van der Waals surface area (Å²) in [5.74, 6) is -0.226. The van der Waals surface area contributed by atoms with Gasteiger partial charge in [0, 0.05) is 18.5 Å². The van der Waals surface area contributed by atoms with Gasteiger partial charge in [0.2, 0.25) is 5.91 Å². The second kappa shape index (κ2) is 7.74. The Morgan fingerprint density at radius 3 is 2.14 bits per heavy atom. The maximum atomic E-state index is 12.1. The highest BCUT2D eigenvalue weighted by molar-refractivity contribution is 9.10. The summed E-state index contributed by atoms with van der Waals surface area (Å²) in [6.07, 6.45) is 0.126. The third-order valence-corrected chi connectivity index (χ3v) is 3.78. The van der Waals surface area contributed by atoms with Gasteiger partial charge in [-0.05, 0) is 5.56 Å². The highest BCUT2D eigenvalue weighted by Gasteiger charge is 2.19. The average molecular weight is 346 g/mol. The minimum absolute atomic E-state index is 0.0783. The number of rotatable bonds is 6. The number of benzene rings is 2. The van der Waals surface area contributed by atoms with Crippen LogP contribution in [0.1, 0.15) is 22.3 Å². The fourth-order valence-electron chi connectivity index (χ4n) is 1.91. The van der Waals surface area contributed by atoms with E-state index < -0.39 is 4.83 Å². The highest BCUT2D eigenvalue weighted by Crippen LogP contribution is 2.13. The second-order valence-corrected chi connectivity index (χ2v) is 5.77. The molecule has 108 valence electrons. The minimum Gasteiger partial charge on any atom is -0.352 e. The van der Waals surface area contributed by atoms with E-state index in [1.54, 1.807) is 12.1 Å². The number of carbonyl (C=O) groups excluding carboxylic acids is 2. The Labute approximate surface area is 132 Å². The van der Waals surface area contributed by atoms with E-state index in [0.29, 0.717) is 12.1 Å². The van der Waals surface area contributed by atoms with Crippen LogP contribution in [-0.2, 0) is 11.3 Å². The summed E-state index contributed by atoms with van der Waals surface area (Å²) in [5.41, 5.74) is 1.64. The van der Waals surface area contributed by atoms with Crippen LogP contribution in [-0.4, -0.2) is 16.5 Å². The summed E-state index contributed by atoms with van der Waals surface area (Å²) < 4.78 is 0. The van der Waals surface area contributed by atoms with E-state index in [1.165, 1.54) is 0 Å². The van der Waals surface area contributed by atoms with Gasteiger partial charge in [-0.25, -0.2) is 0 Å². The van der Waals surface area contributed by atoms with Crippen molar-refractivity contribution in [3.8, 4) is 0 Å².